The van der Waals surface area contributed by atoms with Crippen molar-refractivity contribution in [2.45, 2.75) is 96.1 Å². The average Bonchev–Trinajstić information content (AvgIpc) is 3.36. The second-order valence-corrected chi connectivity index (χ2v) is 11.9. The lowest BCUT2D eigenvalue weighted by Gasteiger charge is -2.40. The Hall–Kier alpha value is -2.44. The number of rotatable bonds is 10. The number of aromatic nitrogens is 1. The highest BCUT2D eigenvalue weighted by Gasteiger charge is 2.50. The molecule has 3 aliphatic rings. The van der Waals surface area contributed by atoms with Crippen molar-refractivity contribution in [1.82, 2.24) is 20.5 Å². The van der Waals surface area contributed by atoms with E-state index in [1.54, 1.807) is 12.0 Å². The van der Waals surface area contributed by atoms with E-state index in [0.29, 0.717) is 56.7 Å². The first kappa shape index (κ1) is 31.5. The number of aryl methyl sites for hydroxylation is 1. The molecule has 2 fully saturated rings. The number of carboxylic acid groups (broad SMARTS) is 1. The summed E-state index contributed by atoms with van der Waals surface area (Å²) in [5.41, 5.74) is -0.310. The fraction of sp³-hybridized carbons (Fsp3) is 0.759. The van der Waals surface area contributed by atoms with Crippen LogP contribution in [-0.2, 0) is 39.8 Å². The molecular weight excluding hydrogens is 541 g/mol. The van der Waals surface area contributed by atoms with E-state index >= 15 is 0 Å². The van der Waals surface area contributed by atoms with Gasteiger partial charge in [-0.1, -0.05) is 13.8 Å². The lowest BCUT2D eigenvalue weighted by molar-refractivity contribution is -0.146. The van der Waals surface area contributed by atoms with Gasteiger partial charge in [-0.15, -0.1) is 0 Å². The summed E-state index contributed by atoms with van der Waals surface area (Å²) in [7, 11) is 1.68. The van der Waals surface area contributed by atoms with Gasteiger partial charge in [-0.25, -0.2) is 4.79 Å². The number of fused-ring (bicyclic) bond motifs is 1. The predicted molar refractivity (Wildman–Crippen MR) is 145 cm³/mol. The van der Waals surface area contributed by atoms with Crippen molar-refractivity contribution in [3.8, 4) is 0 Å². The molecule has 0 radical (unpaired) electrons. The number of carbonyl (C=O) groups excluding carboxylic acids is 1. The van der Waals surface area contributed by atoms with Gasteiger partial charge < -0.3 is 30.1 Å². The number of nitrogens with zero attached hydrogens (tertiary/aromatic N) is 2. The largest absolute Gasteiger partial charge is 0.465 e. The van der Waals surface area contributed by atoms with E-state index in [9.17, 15) is 22.8 Å². The minimum atomic E-state index is -4.57. The summed E-state index contributed by atoms with van der Waals surface area (Å²) in [4.78, 5) is 30.9. The Morgan fingerprint density at radius 2 is 2.07 bits per heavy atom. The number of unbranched alkanes of at least 4 members (excludes halogenated alkanes) is 1. The van der Waals surface area contributed by atoms with Crippen LogP contribution in [0.25, 0.3) is 0 Å². The summed E-state index contributed by atoms with van der Waals surface area (Å²) in [6.07, 6.45) is -1.35. The first-order valence-corrected chi connectivity index (χ1v) is 14.7. The quantitative estimate of drug-likeness (QED) is 0.354. The van der Waals surface area contributed by atoms with Crippen molar-refractivity contribution in [2.24, 2.45) is 11.3 Å². The molecule has 2 amide bonds. The Labute approximate surface area is 239 Å². The number of hydrogen-bond acceptors (Lipinski definition) is 6. The number of methoxy groups -OCH3 is 1. The van der Waals surface area contributed by atoms with Gasteiger partial charge in [-0.2, -0.15) is 13.2 Å². The van der Waals surface area contributed by atoms with Crippen LogP contribution in [0.1, 0.15) is 74.9 Å². The maximum absolute atomic E-state index is 14.1. The fourth-order valence-electron chi connectivity index (χ4n) is 6.67. The van der Waals surface area contributed by atoms with E-state index in [1.807, 2.05) is 0 Å². The summed E-state index contributed by atoms with van der Waals surface area (Å²) in [6, 6.07) is 1.49. The molecule has 12 heteroatoms. The van der Waals surface area contributed by atoms with Gasteiger partial charge in [-0.05, 0) is 62.5 Å². The number of nitrogens with one attached hydrogen (secondary N) is 2. The summed E-state index contributed by atoms with van der Waals surface area (Å²) in [5, 5.41) is 14.6. The summed E-state index contributed by atoms with van der Waals surface area (Å²) >= 11 is 0. The van der Waals surface area contributed by atoms with Crippen molar-refractivity contribution in [1.29, 1.82) is 0 Å². The fourth-order valence-corrected chi connectivity index (χ4v) is 6.67. The van der Waals surface area contributed by atoms with Crippen molar-refractivity contribution in [3.05, 3.63) is 28.6 Å². The molecule has 0 spiro atoms. The Morgan fingerprint density at radius 1 is 1.29 bits per heavy atom. The van der Waals surface area contributed by atoms with Crippen LogP contribution in [0.3, 0.4) is 0 Å². The third-order valence-corrected chi connectivity index (χ3v) is 9.10. The number of carbonyl (C=O) groups is 2. The van der Waals surface area contributed by atoms with Crippen LogP contribution >= 0.6 is 0 Å². The van der Waals surface area contributed by atoms with Gasteiger partial charge in [0.15, 0.2) is 0 Å². The van der Waals surface area contributed by atoms with Crippen molar-refractivity contribution >= 4 is 12.0 Å². The molecule has 4 rings (SSSR count). The first-order valence-electron chi connectivity index (χ1n) is 14.7. The van der Waals surface area contributed by atoms with Crippen LogP contribution in [-0.4, -0.2) is 78.6 Å². The summed E-state index contributed by atoms with van der Waals surface area (Å²) in [6.45, 7) is 6.05. The third kappa shape index (κ3) is 7.32. The van der Waals surface area contributed by atoms with E-state index in [-0.39, 0.29) is 55.2 Å². The molecule has 1 aliphatic carbocycles. The molecule has 1 aromatic rings. The van der Waals surface area contributed by atoms with Crippen LogP contribution in [0.2, 0.25) is 0 Å². The van der Waals surface area contributed by atoms with Crippen molar-refractivity contribution in [2.75, 3.05) is 33.4 Å². The number of alkyl halides is 3. The van der Waals surface area contributed by atoms with Gasteiger partial charge in [0, 0.05) is 57.5 Å². The second kappa shape index (κ2) is 13.2. The van der Waals surface area contributed by atoms with Crippen molar-refractivity contribution in [3.63, 3.8) is 0 Å². The standard InChI is InChI=1S/C29H43F3N4O5/c1-18(2)28(10-7-20(15-28)34-24-9-13-41-17-25(24)40-3)26(37)36-12-8-22-19(16-36)14-21(29(30,31)32)23(35-22)6-4-5-11-33-27(38)39/h14,18,20,24-25,33-34H,4-13,15-17H2,1-3H3,(H,38,39)/t20-,24+,25-,28+/m1/s1. The highest BCUT2D eigenvalue weighted by atomic mass is 19.4. The zero-order chi connectivity index (χ0) is 29.8. The van der Waals surface area contributed by atoms with Gasteiger partial charge in [-0.3, -0.25) is 9.78 Å². The second-order valence-electron chi connectivity index (χ2n) is 11.9. The minimum Gasteiger partial charge on any atom is -0.465 e. The first-order chi connectivity index (χ1) is 19.4. The summed E-state index contributed by atoms with van der Waals surface area (Å²) in [5.74, 6) is 0.0965. The van der Waals surface area contributed by atoms with Gasteiger partial charge in [0.05, 0.1) is 29.4 Å². The molecule has 41 heavy (non-hydrogen) atoms. The highest BCUT2D eigenvalue weighted by molar-refractivity contribution is 5.83. The number of hydrogen-bond donors (Lipinski definition) is 3. The normalized spacial score (nSPS) is 26.7. The molecule has 230 valence electrons. The maximum Gasteiger partial charge on any atom is 0.418 e. The van der Waals surface area contributed by atoms with Gasteiger partial charge in [0.1, 0.15) is 0 Å². The Bertz CT molecular complexity index is 1090. The molecule has 4 atom stereocenters. The molecule has 0 bridgehead atoms. The van der Waals surface area contributed by atoms with E-state index < -0.39 is 23.2 Å². The molecule has 3 heterocycles. The molecular formula is C29H43F3N4O5. The van der Waals surface area contributed by atoms with E-state index in [1.165, 1.54) is 6.07 Å². The van der Waals surface area contributed by atoms with Crippen LogP contribution < -0.4 is 10.6 Å². The van der Waals surface area contributed by atoms with Gasteiger partial charge in [0.25, 0.3) is 0 Å². The number of ether oxygens (including phenoxy) is 2. The Kier molecular flexibility index (Phi) is 10.2. The van der Waals surface area contributed by atoms with Crippen LogP contribution in [0.5, 0.6) is 0 Å². The van der Waals surface area contributed by atoms with Crippen molar-refractivity contribution < 1.29 is 37.3 Å². The smallest absolute Gasteiger partial charge is 0.418 e. The highest BCUT2D eigenvalue weighted by Crippen LogP contribution is 2.47. The maximum atomic E-state index is 14.1. The lowest BCUT2D eigenvalue weighted by Crippen LogP contribution is -2.52. The van der Waals surface area contributed by atoms with E-state index in [4.69, 9.17) is 14.6 Å². The molecule has 0 unspecified atom stereocenters. The van der Waals surface area contributed by atoms with E-state index in [2.05, 4.69) is 29.5 Å². The van der Waals surface area contributed by atoms with Gasteiger partial charge >= 0.3 is 12.3 Å². The molecule has 2 aliphatic heterocycles. The molecule has 1 saturated carbocycles. The minimum absolute atomic E-state index is 0.0151. The van der Waals surface area contributed by atoms with Gasteiger partial charge in [0.2, 0.25) is 5.91 Å². The average molecular weight is 585 g/mol. The topological polar surface area (TPSA) is 113 Å². The zero-order valence-electron chi connectivity index (χ0n) is 24.2. The summed E-state index contributed by atoms with van der Waals surface area (Å²) < 4.78 is 53.2. The lowest BCUT2D eigenvalue weighted by atomic mass is 9.74. The zero-order valence-corrected chi connectivity index (χ0v) is 24.2. The Morgan fingerprint density at radius 3 is 2.76 bits per heavy atom. The number of pyridine rings is 1. The van der Waals surface area contributed by atoms with Crippen LogP contribution in [0.15, 0.2) is 6.07 Å². The number of halogens is 3. The molecule has 1 aromatic heterocycles. The van der Waals surface area contributed by atoms with Crippen LogP contribution in [0.4, 0.5) is 18.0 Å². The molecule has 1 saturated heterocycles. The predicted octanol–water partition coefficient (Wildman–Crippen LogP) is 4.16. The molecule has 3 N–H and O–H groups in total. The van der Waals surface area contributed by atoms with Crippen LogP contribution in [0, 0.1) is 11.3 Å². The molecule has 0 aromatic carbocycles. The monoisotopic (exact) mass is 584 g/mol. The number of amides is 2. The Balaban J connectivity index is 1.46. The third-order valence-electron chi connectivity index (χ3n) is 9.10. The SMILES string of the molecule is CO[C@@H]1COCC[C@@H]1N[C@@H]1CC[C@@](C(=O)N2CCc3nc(CCCCNC(=O)O)c(C(F)(F)F)cc3C2)(C(C)C)C1. The van der Waals surface area contributed by atoms with E-state index in [0.717, 1.165) is 19.3 Å². The molecule has 9 nitrogen and oxygen atoms in total.